The summed E-state index contributed by atoms with van der Waals surface area (Å²) in [5.41, 5.74) is 2.00. The summed E-state index contributed by atoms with van der Waals surface area (Å²) in [6.45, 7) is 10.1. The lowest BCUT2D eigenvalue weighted by atomic mass is 9.68. The Morgan fingerprint density at radius 2 is 1.76 bits per heavy atom. The highest BCUT2D eigenvalue weighted by Crippen LogP contribution is 2.59. The topological polar surface area (TPSA) is 77.9 Å². The molecule has 0 amide bonds. The molecule has 1 saturated heterocycles. The second-order valence-electron chi connectivity index (χ2n) is 11.7. The van der Waals surface area contributed by atoms with Crippen molar-refractivity contribution in [2.24, 2.45) is 5.41 Å². The van der Waals surface area contributed by atoms with E-state index >= 15 is 0 Å². The van der Waals surface area contributed by atoms with Crippen molar-refractivity contribution < 1.29 is 37.3 Å². The van der Waals surface area contributed by atoms with Crippen molar-refractivity contribution in [1.82, 2.24) is 4.98 Å². The van der Waals surface area contributed by atoms with Crippen LogP contribution in [0, 0.1) is 5.41 Å². The Kier molecular flexibility index (Phi) is 6.64. The molecule has 2 aliphatic heterocycles. The molecule has 6 nitrogen and oxygen atoms in total. The van der Waals surface area contributed by atoms with Crippen LogP contribution in [-0.4, -0.2) is 29.3 Å². The maximum Gasteiger partial charge on any atom is 0.416 e. The Morgan fingerprint density at radius 3 is 2.32 bits per heavy atom. The third-order valence-corrected chi connectivity index (χ3v) is 8.08. The lowest BCUT2D eigenvalue weighted by molar-refractivity contribution is -0.157. The van der Waals surface area contributed by atoms with E-state index in [0.29, 0.717) is 49.3 Å². The van der Waals surface area contributed by atoms with E-state index in [1.54, 1.807) is 0 Å². The van der Waals surface area contributed by atoms with Crippen molar-refractivity contribution >= 4 is 5.97 Å². The number of esters is 1. The average Bonchev–Trinajstić information content (AvgIpc) is 3.14. The molecular formula is C29H34F3NO5. The van der Waals surface area contributed by atoms with Crippen molar-refractivity contribution in [3.05, 3.63) is 63.5 Å². The van der Waals surface area contributed by atoms with E-state index in [0.717, 1.165) is 29.0 Å². The lowest BCUT2D eigenvalue weighted by Gasteiger charge is -2.43. The summed E-state index contributed by atoms with van der Waals surface area (Å²) in [6, 6.07) is 5.06. The second kappa shape index (κ2) is 9.31. The smallest absolute Gasteiger partial charge is 0.416 e. The van der Waals surface area contributed by atoms with Gasteiger partial charge in [0.25, 0.3) is 0 Å². The van der Waals surface area contributed by atoms with Gasteiger partial charge in [-0.15, -0.1) is 0 Å². The van der Waals surface area contributed by atoms with Gasteiger partial charge in [-0.05, 0) is 35.6 Å². The number of pyridine rings is 1. The fraction of sp³-hybridized carbons (Fsp3) is 0.586. The number of carbonyl (C=O) groups excluding carboxylic acids is 1. The van der Waals surface area contributed by atoms with Crippen molar-refractivity contribution in [2.45, 2.75) is 89.9 Å². The number of aliphatic hydroxyl groups is 1. The van der Waals surface area contributed by atoms with Crippen LogP contribution in [0.2, 0.25) is 0 Å². The molecule has 3 unspecified atom stereocenters. The van der Waals surface area contributed by atoms with Crippen molar-refractivity contribution in [3.8, 4) is 0 Å². The number of ether oxygens (including phenoxy) is 3. The first-order chi connectivity index (χ1) is 17.7. The molecule has 206 valence electrons. The van der Waals surface area contributed by atoms with E-state index in [9.17, 15) is 23.1 Å². The SMILES string of the molecule is CC(=O)OC1c2nc(C(C)C)c3c(c2C(O)CC1(C)C)C1(CCOCC1)OC3c1ccc(C(F)(F)F)cc1. The Hall–Kier alpha value is -2.49. The zero-order valence-electron chi connectivity index (χ0n) is 22.3. The monoisotopic (exact) mass is 533 g/mol. The number of rotatable bonds is 3. The minimum Gasteiger partial charge on any atom is -0.455 e. The Bertz CT molecular complexity index is 1230. The van der Waals surface area contributed by atoms with Crippen molar-refractivity contribution in [3.63, 3.8) is 0 Å². The number of halogens is 3. The molecule has 1 N–H and O–H groups in total. The number of aliphatic hydroxyl groups excluding tert-OH is 1. The second-order valence-corrected chi connectivity index (χ2v) is 11.7. The van der Waals surface area contributed by atoms with Gasteiger partial charge in [0.05, 0.1) is 23.0 Å². The van der Waals surface area contributed by atoms with Crippen LogP contribution in [0.1, 0.15) is 117 Å². The van der Waals surface area contributed by atoms with Gasteiger partial charge >= 0.3 is 12.1 Å². The van der Waals surface area contributed by atoms with Crippen LogP contribution in [-0.2, 0) is 30.8 Å². The number of fused-ring (bicyclic) bond motifs is 4. The predicted molar refractivity (Wildman–Crippen MR) is 132 cm³/mol. The fourth-order valence-corrected chi connectivity index (χ4v) is 6.34. The van der Waals surface area contributed by atoms with Crippen LogP contribution in [0.4, 0.5) is 13.2 Å². The van der Waals surface area contributed by atoms with Gasteiger partial charge in [-0.1, -0.05) is 39.8 Å². The summed E-state index contributed by atoms with van der Waals surface area (Å²) in [4.78, 5) is 17.2. The summed E-state index contributed by atoms with van der Waals surface area (Å²) in [5.74, 6) is -0.497. The number of alkyl halides is 3. The van der Waals surface area contributed by atoms with Crippen LogP contribution >= 0.6 is 0 Å². The van der Waals surface area contributed by atoms with Gasteiger partial charge in [0.15, 0.2) is 0 Å². The first-order valence-corrected chi connectivity index (χ1v) is 13.1. The quantitative estimate of drug-likeness (QED) is 0.459. The van der Waals surface area contributed by atoms with Crippen LogP contribution in [0.15, 0.2) is 24.3 Å². The summed E-state index contributed by atoms with van der Waals surface area (Å²) >= 11 is 0. The molecule has 3 heterocycles. The summed E-state index contributed by atoms with van der Waals surface area (Å²) < 4.78 is 58.2. The van der Waals surface area contributed by atoms with Gasteiger partial charge in [-0.2, -0.15) is 13.2 Å². The van der Waals surface area contributed by atoms with Crippen molar-refractivity contribution in [2.75, 3.05) is 13.2 Å². The molecule has 9 heteroatoms. The predicted octanol–water partition coefficient (Wildman–Crippen LogP) is 6.42. The number of hydrogen-bond donors (Lipinski definition) is 1. The molecule has 3 aliphatic rings. The van der Waals surface area contributed by atoms with Gasteiger partial charge in [-0.25, -0.2) is 0 Å². The highest BCUT2D eigenvalue weighted by Gasteiger charge is 2.54. The van der Waals surface area contributed by atoms with Gasteiger partial charge in [0.1, 0.15) is 12.2 Å². The zero-order valence-corrected chi connectivity index (χ0v) is 22.3. The molecule has 0 saturated carbocycles. The van der Waals surface area contributed by atoms with Crippen LogP contribution < -0.4 is 0 Å². The maximum absolute atomic E-state index is 13.3. The van der Waals surface area contributed by atoms with E-state index in [1.807, 2.05) is 27.7 Å². The first-order valence-electron chi connectivity index (χ1n) is 13.1. The number of carbonyl (C=O) groups is 1. The zero-order chi connectivity index (χ0) is 27.6. The fourth-order valence-electron chi connectivity index (χ4n) is 6.34. The Labute approximate surface area is 220 Å². The number of nitrogens with zero attached hydrogens (tertiary/aromatic N) is 1. The van der Waals surface area contributed by atoms with E-state index in [1.165, 1.54) is 19.1 Å². The Morgan fingerprint density at radius 1 is 1.13 bits per heavy atom. The normalized spacial score (nSPS) is 25.8. The van der Waals surface area contributed by atoms with E-state index in [2.05, 4.69) is 0 Å². The summed E-state index contributed by atoms with van der Waals surface area (Å²) in [5, 5.41) is 11.5. The molecule has 38 heavy (non-hydrogen) atoms. The molecule has 2 aromatic rings. The molecule has 0 radical (unpaired) electrons. The third kappa shape index (κ3) is 4.42. The Balaban J connectivity index is 1.78. The minimum absolute atomic E-state index is 0.0650. The summed E-state index contributed by atoms with van der Waals surface area (Å²) in [6.07, 6.45) is -5.23. The molecule has 1 fully saturated rings. The van der Waals surface area contributed by atoms with E-state index < -0.39 is 47.0 Å². The van der Waals surface area contributed by atoms with E-state index in [4.69, 9.17) is 19.2 Å². The average molecular weight is 534 g/mol. The van der Waals surface area contributed by atoms with Crippen LogP contribution in [0.3, 0.4) is 0 Å². The minimum atomic E-state index is -4.44. The first kappa shape index (κ1) is 27.1. The van der Waals surface area contributed by atoms with E-state index in [-0.39, 0.29) is 5.92 Å². The largest absolute Gasteiger partial charge is 0.455 e. The summed E-state index contributed by atoms with van der Waals surface area (Å²) in [7, 11) is 0. The number of hydrogen-bond acceptors (Lipinski definition) is 6. The van der Waals surface area contributed by atoms with Crippen LogP contribution in [0.5, 0.6) is 0 Å². The van der Waals surface area contributed by atoms with Gasteiger partial charge in [0.2, 0.25) is 0 Å². The molecule has 3 atom stereocenters. The van der Waals surface area contributed by atoms with Crippen molar-refractivity contribution in [1.29, 1.82) is 0 Å². The highest BCUT2D eigenvalue weighted by atomic mass is 19.4. The molecular weight excluding hydrogens is 499 g/mol. The van der Waals surface area contributed by atoms with Gasteiger partial charge in [0, 0.05) is 55.2 Å². The molecule has 1 aromatic heterocycles. The number of aromatic nitrogens is 1. The van der Waals surface area contributed by atoms with Gasteiger partial charge < -0.3 is 19.3 Å². The lowest BCUT2D eigenvalue weighted by Crippen LogP contribution is -2.39. The standard InChI is InChI=1S/C29H34F3NO5/c1-15(2)23-21-22(20-19(35)14-27(4,5)26(24(20)33-23)37-16(3)34)28(10-12-36-13-11-28)38-25(21)17-6-8-18(9-7-17)29(30,31)32/h6-9,15,19,25-26,35H,10-14H2,1-5H3. The number of benzene rings is 1. The molecule has 1 aromatic carbocycles. The maximum atomic E-state index is 13.3. The third-order valence-electron chi connectivity index (χ3n) is 8.08. The molecule has 1 spiro atoms. The van der Waals surface area contributed by atoms with Gasteiger partial charge in [-0.3, -0.25) is 9.78 Å². The molecule has 0 bridgehead atoms. The highest BCUT2D eigenvalue weighted by molar-refractivity contribution is 5.67. The molecule has 5 rings (SSSR count). The van der Waals surface area contributed by atoms with Crippen LogP contribution in [0.25, 0.3) is 0 Å². The molecule has 1 aliphatic carbocycles.